The normalized spacial score (nSPS) is 10.7. The summed E-state index contributed by atoms with van der Waals surface area (Å²) in [7, 11) is 1.43. The Morgan fingerprint density at radius 3 is 2.87 bits per heavy atom. The smallest absolute Gasteiger partial charge is 0.167 e. The van der Waals surface area contributed by atoms with E-state index in [1.54, 1.807) is 12.4 Å². The summed E-state index contributed by atoms with van der Waals surface area (Å²) < 4.78 is 19.4. The molecule has 2 nitrogen and oxygen atoms in total. The Morgan fingerprint density at radius 1 is 1.47 bits per heavy atom. The van der Waals surface area contributed by atoms with Gasteiger partial charge in [-0.3, -0.25) is 4.98 Å². The Bertz CT molecular complexity index is 532. The van der Waals surface area contributed by atoms with Crippen LogP contribution in [0.4, 0.5) is 4.39 Å². The van der Waals surface area contributed by atoms with Gasteiger partial charge in [-0.05, 0) is 28.7 Å². The molecule has 78 valence electrons. The van der Waals surface area contributed by atoms with Crippen molar-refractivity contribution in [3.05, 3.63) is 32.9 Å². The van der Waals surface area contributed by atoms with Crippen LogP contribution in [0.1, 0.15) is 0 Å². The molecule has 0 fully saturated rings. The van der Waals surface area contributed by atoms with Crippen molar-refractivity contribution in [3.63, 3.8) is 0 Å². The second-order valence-electron chi connectivity index (χ2n) is 2.92. The number of pyridine rings is 1. The molecule has 1 aromatic heterocycles. The summed E-state index contributed by atoms with van der Waals surface area (Å²) in [6, 6.07) is 1.24. The van der Waals surface area contributed by atoms with Gasteiger partial charge in [-0.15, -0.1) is 0 Å². The van der Waals surface area contributed by atoms with E-state index in [0.717, 1.165) is 3.57 Å². The molecule has 1 heterocycles. The van der Waals surface area contributed by atoms with E-state index in [4.69, 9.17) is 16.3 Å². The summed E-state index contributed by atoms with van der Waals surface area (Å²) in [5, 5.41) is 1.70. The lowest BCUT2D eigenvalue weighted by Gasteiger charge is -2.09. The highest BCUT2D eigenvalue weighted by molar-refractivity contribution is 14.1. The summed E-state index contributed by atoms with van der Waals surface area (Å²) in [4.78, 5) is 4.01. The highest BCUT2D eigenvalue weighted by Gasteiger charge is 2.14. The minimum atomic E-state index is -0.459. The number of hydrogen-bond acceptors (Lipinski definition) is 2. The lowest BCUT2D eigenvalue weighted by atomic mass is 10.1. The lowest BCUT2D eigenvalue weighted by molar-refractivity contribution is 0.391. The maximum absolute atomic E-state index is 13.5. The molecule has 0 atom stereocenters. The van der Waals surface area contributed by atoms with Gasteiger partial charge in [-0.1, -0.05) is 11.6 Å². The molecule has 0 aliphatic carbocycles. The van der Waals surface area contributed by atoms with Gasteiger partial charge in [-0.2, -0.15) is 0 Å². The number of rotatable bonds is 1. The van der Waals surface area contributed by atoms with E-state index < -0.39 is 5.82 Å². The number of ether oxygens (including phenoxy) is 1. The molecule has 5 heteroatoms. The fourth-order valence-corrected chi connectivity index (χ4v) is 2.36. The quantitative estimate of drug-likeness (QED) is 0.741. The number of halogens is 3. The van der Waals surface area contributed by atoms with Gasteiger partial charge in [0.15, 0.2) is 11.6 Å². The minimum Gasteiger partial charge on any atom is -0.493 e. The van der Waals surface area contributed by atoms with Crippen molar-refractivity contribution in [2.24, 2.45) is 0 Å². The number of methoxy groups -OCH3 is 1. The molecule has 0 spiro atoms. The van der Waals surface area contributed by atoms with E-state index >= 15 is 0 Å². The molecular weight excluding hydrogens is 331 g/mol. The van der Waals surface area contributed by atoms with E-state index in [-0.39, 0.29) is 5.75 Å². The standard InChI is InChI=1S/C10H6ClFINO/c1-15-10-7(12)2-6(11)5-3-14-4-8(13)9(5)10/h2-4H,1H3. The van der Waals surface area contributed by atoms with Crippen LogP contribution in [0.25, 0.3) is 10.8 Å². The van der Waals surface area contributed by atoms with Crippen molar-refractivity contribution in [3.8, 4) is 5.75 Å². The number of aromatic nitrogens is 1. The van der Waals surface area contributed by atoms with Crippen molar-refractivity contribution < 1.29 is 9.13 Å². The van der Waals surface area contributed by atoms with Gasteiger partial charge in [0.2, 0.25) is 0 Å². The van der Waals surface area contributed by atoms with Gasteiger partial charge in [-0.25, -0.2) is 4.39 Å². The maximum atomic E-state index is 13.5. The Morgan fingerprint density at radius 2 is 2.20 bits per heavy atom. The van der Waals surface area contributed by atoms with E-state index in [9.17, 15) is 4.39 Å². The Labute approximate surface area is 105 Å². The van der Waals surface area contributed by atoms with Crippen LogP contribution in [-0.2, 0) is 0 Å². The number of benzene rings is 1. The van der Waals surface area contributed by atoms with Crippen molar-refractivity contribution in [2.75, 3.05) is 7.11 Å². The summed E-state index contributed by atoms with van der Waals surface area (Å²) in [6.07, 6.45) is 3.24. The van der Waals surface area contributed by atoms with Gasteiger partial charge in [0.05, 0.1) is 12.1 Å². The first-order chi connectivity index (χ1) is 7.15. The largest absolute Gasteiger partial charge is 0.493 e. The molecule has 2 rings (SSSR count). The Hall–Kier alpha value is -0.620. The predicted octanol–water partition coefficient (Wildman–Crippen LogP) is 3.64. The molecule has 1 aromatic carbocycles. The molecule has 0 unspecified atom stereocenters. The van der Waals surface area contributed by atoms with Gasteiger partial charge in [0.1, 0.15) is 0 Å². The zero-order valence-electron chi connectivity index (χ0n) is 7.72. The highest BCUT2D eigenvalue weighted by Crippen LogP contribution is 2.36. The van der Waals surface area contributed by atoms with Crippen LogP contribution in [0.5, 0.6) is 5.75 Å². The van der Waals surface area contributed by atoms with Crippen LogP contribution in [0, 0.1) is 9.39 Å². The summed E-state index contributed by atoms with van der Waals surface area (Å²) >= 11 is 8.00. The maximum Gasteiger partial charge on any atom is 0.167 e. The van der Waals surface area contributed by atoms with E-state index in [0.29, 0.717) is 15.8 Å². The van der Waals surface area contributed by atoms with Gasteiger partial charge in [0, 0.05) is 26.7 Å². The Kier molecular flexibility index (Phi) is 2.97. The van der Waals surface area contributed by atoms with E-state index in [1.165, 1.54) is 13.2 Å². The monoisotopic (exact) mass is 337 g/mol. The first-order valence-corrected chi connectivity index (χ1v) is 5.56. The van der Waals surface area contributed by atoms with Crippen LogP contribution in [0.3, 0.4) is 0 Å². The fraction of sp³-hybridized carbons (Fsp3) is 0.100. The van der Waals surface area contributed by atoms with Crippen molar-refractivity contribution in [1.82, 2.24) is 4.98 Å². The molecule has 0 saturated carbocycles. The molecule has 15 heavy (non-hydrogen) atoms. The second kappa shape index (κ2) is 4.09. The number of nitrogens with zero attached hydrogens (tertiary/aromatic N) is 1. The van der Waals surface area contributed by atoms with Gasteiger partial charge in [0.25, 0.3) is 0 Å². The third-order valence-electron chi connectivity index (χ3n) is 2.06. The minimum absolute atomic E-state index is 0.209. The molecule has 0 radical (unpaired) electrons. The molecule has 2 aromatic rings. The third-order valence-corrected chi connectivity index (χ3v) is 3.19. The van der Waals surface area contributed by atoms with Crippen LogP contribution >= 0.6 is 34.2 Å². The number of fused-ring (bicyclic) bond motifs is 1. The third kappa shape index (κ3) is 1.76. The average Bonchev–Trinajstić information content (AvgIpc) is 2.20. The summed E-state index contributed by atoms with van der Waals surface area (Å²) in [5.74, 6) is -0.250. The first kappa shape index (κ1) is 10.9. The van der Waals surface area contributed by atoms with Gasteiger partial charge >= 0.3 is 0 Å². The molecule has 0 bridgehead atoms. The van der Waals surface area contributed by atoms with Crippen molar-refractivity contribution in [1.29, 1.82) is 0 Å². The van der Waals surface area contributed by atoms with Crippen LogP contribution in [0.15, 0.2) is 18.5 Å². The Balaban J connectivity index is 2.98. The second-order valence-corrected chi connectivity index (χ2v) is 4.49. The number of hydrogen-bond donors (Lipinski definition) is 0. The topological polar surface area (TPSA) is 22.1 Å². The summed E-state index contributed by atoms with van der Waals surface area (Å²) in [5.41, 5.74) is 0. The lowest BCUT2D eigenvalue weighted by Crippen LogP contribution is -1.93. The van der Waals surface area contributed by atoms with Crippen molar-refractivity contribution in [2.45, 2.75) is 0 Å². The van der Waals surface area contributed by atoms with Gasteiger partial charge < -0.3 is 4.74 Å². The van der Waals surface area contributed by atoms with Crippen LogP contribution in [-0.4, -0.2) is 12.1 Å². The van der Waals surface area contributed by atoms with Crippen LogP contribution in [0.2, 0.25) is 5.02 Å². The zero-order chi connectivity index (χ0) is 11.0. The SMILES string of the molecule is COc1c(F)cc(Cl)c2cncc(I)c12. The molecule has 0 aliphatic heterocycles. The molecule has 0 amide bonds. The first-order valence-electron chi connectivity index (χ1n) is 4.10. The fourth-order valence-electron chi connectivity index (χ4n) is 1.42. The average molecular weight is 338 g/mol. The molecule has 0 saturated heterocycles. The molecule has 0 aliphatic rings. The summed E-state index contributed by atoms with van der Waals surface area (Å²) in [6.45, 7) is 0. The highest BCUT2D eigenvalue weighted by atomic mass is 127. The predicted molar refractivity (Wildman–Crippen MR) is 66.0 cm³/mol. The molecule has 0 N–H and O–H groups in total. The van der Waals surface area contributed by atoms with E-state index in [2.05, 4.69) is 27.6 Å². The zero-order valence-corrected chi connectivity index (χ0v) is 10.6. The van der Waals surface area contributed by atoms with Crippen molar-refractivity contribution >= 4 is 45.0 Å². The van der Waals surface area contributed by atoms with E-state index in [1.807, 2.05) is 0 Å². The van der Waals surface area contributed by atoms with Crippen LogP contribution < -0.4 is 4.74 Å². The molecular formula is C10H6ClFINO.